The minimum absolute atomic E-state index is 0.0492. The molecule has 0 saturated heterocycles. The number of halogens is 1. The minimum Gasteiger partial charge on any atom is -0.484 e. The molecule has 2 aromatic rings. The topological polar surface area (TPSA) is 58.6 Å². The molecule has 0 bridgehead atoms. The third kappa shape index (κ3) is 6.40. The van der Waals surface area contributed by atoms with Gasteiger partial charge in [0.1, 0.15) is 11.6 Å². The average Bonchev–Trinajstić information content (AvgIpc) is 2.67. The standard InChI is InChI=1S/C21H25FN2O3/c1-3-24(4-2)21(26)15-27-18-10-7-9-17(14-18)23-20(25)13-12-16-8-5-6-11-19(16)22/h5-11,14H,3-4,12-13,15H2,1-2H3,(H,23,25). The van der Waals surface area contributed by atoms with Crippen molar-refractivity contribution in [2.24, 2.45) is 0 Å². The molecule has 0 aromatic heterocycles. The van der Waals surface area contributed by atoms with Crippen LogP contribution >= 0.6 is 0 Å². The molecule has 0 aliphatic carbocycles. The van der Waals surface area contributed by atoms with Gasteiger partial charge in [-0.05, 0) is 44.0 Å². The molecular formula is C21H25FN2O3. The Morgan fingerprint density at radius 3 is 2.52 bits per heavy atom. The van der Waals surface area contributed by atoms with Crippen molar-refractivity contribution in [1.29, 1.82) is 0 Å². The summed E-state index contributed by atoms with van der Waals surface area (Å²) in [7, 11) is 0. The van der Waals surface area contributed by atoms with E-state index in [9.17, 15) is 14.0 Å². The largest absolute Gasteiger partial charge is 0.484 e. The van der Waals surface area contributed by atoms with Crippen LogP contribution in [-0.4, -0.2) is 36.4 Å². The lowest BCUT2D eigenvalue weighted by Gasteiger charge is -2.18. The minimum atomic E-state index is -0.307. The van der Waals surface area contributed by atoms with Crippen LogP contribution in [0.3, 0.4) is 0 Å². The van der Waals surface area contributed by atoms with Gasteiger partial charge < -0.3 is 15.0 Å². The zero-order chi connectivity index (χ0) is 19.6. The van der Waals surface area contributed by atoms with E-state index in [-0.39, 0.29) is 30.7 Å². The van der Waals surface area contributed by atoms with Crippen LogP contribution in [0.2, 0.25) is 0 Å². The van der Waals surface area contributed by atoms with E-state index >= 15 is 0 Å². The average molecular weight is 372 g/mol. The summed E-state index contributed by atoms with van der Waals surface area (Å²) in [5, 5.41) is 2.77. The van der Waals surface area contributed by atoms with Crippen molar-refractivity contribution < 1.29 is 18.7 Å². The first kappa shape index (κ1) is 20.4. The van der Waals surface area contributed by atoms with Crippen LogP contribution in [0.4, 0.5) is 10.1 Å². The molecule has 1 N–H and O–H groups in total. The number of nitrogens with one attached hydrogen (secondary N) is 1. The summed E-state index contributed by atoms with van der Waals surface area (Å²) in [6, 6.07) is 13.3. The lowest BCUT2D eigenvalue weighted by molar-refractivity contribution is -0.133. The fourth-order valence-corrected chi connectivity index (χ4v) is 2.65. The van der Waals surface area contributed by atoms with Crippen molar-refractivity contribution in [3.63, 3.8) is 0 Å². The molecular weight excluding hydrogens is 347 g/mol. The number of aryl methyl sites for hydroxylation is 1. The Morgan fingerprint density at radius 1 is 1.07 bits per heavy atom. The van der Waals surface area contributed by atoms with Crippen LogP contribution in [0.5, 0.6) is 5.75 Å². The van der Waals surface area contributed by atoms with Gasteiger partial charge in [0, 0.05) is 31.3 Å². The second kappa shape index (κ2) is 10.3. The molecule has 2 rings (SSSR count). The molecule has 0 atom stereocenters. The molecule has 5 nitrogen and oxygen atoms in total. The monoisotopic (exact) mass is 372 g/mol. The molecule has 6 heteroatoms. The highest BCUT2D eigenvalue weighted by Gasteiger charge is 2.11. The van der Waals surface area contributed by atoms with Crippen LogP contribution < -0.4 is 10.1 Å². The molecule has 0 spiro atoms. The van der Waals surface area contributed by atoms with E-state index < -0.39 is 0 Å². The van der Waals surface area contributed by atoms with Crippen molar-refractivity contribution in [3.05, 3.63) is 59.9 Å². The normalized spacial score (nSPS) is 10.3. The van der Waals surface area contributed by atoms with Crippen LogP contribution in [0.25, 0.3) is 0 Å². The number of carbonyl (C=O) groups excluding carboxylic acids is 2. The number of benzene rings is 2. The Kier molecular flexibility index (Phi) is 7.79. The van der Waals surface area contributed by atoms with Gasteiger partial charge >= 0.3 is 0 Å². The van der Waals surface area contributed by atoms with E-state index in [1.54, 1.807) is 47.4 Å². The van der Waals surface area contributed by atoms with Gasteiger partial charge in [0.25, 0.3) is 5.91 Å². The molecule has 2 aromatic carbocycles. The van der Waals surface area contributed by atoms with Gasteiger partial charge in [-0.25, -0.2) is 4.39 Å². The number of anilines is 1. The number of rotatable bonds is 9. The second-order valence-electron chi connectivity index (χ2n) is 6.02. The van der Waals surface area contributed by atoms with Gasteiger partial charge in [-0.3, -0.25) is 9.59 Å². The quantitative estimate of drug-likeness (QED) is 0.731. The molecule has 27 heavy (non-hydrogen) atoms. The Labute approximate surface area is 159 Å². The van der Waals surface area contributed by atoms with E-state index in [2.05, 4.69) is 5.32 Å². The summed E-state index contributed by atoms with van der Waals surface area (Å²) in [6.07, 6.45) is 0.500. The predicted octanol–water partition coefficient (Wildman–Crippen LogP) is 3.64. The molecule has 0 aliphatic heterocycles. The lowest BCUT2D eigenvalue weighted by Crippen LogP contribution is -2.34. The number of hydrogen-bond donors (Lipinski definition) is 1. The number of nitrogens with zero attached hydrogens (tertiary/aromatic N) is 1. The Balaban J connectivity index is 1.86. The summed E-state index contributed by atoms with van der Waals surface area (Å²) in [6.45, 7) is 5.05. The van der Waals surface area contributed by atoms with Crippen molar-refractivity contribution in [2.45, 2.75) is 26.7 Å². The highest BCUT2D eigenvalue weighted by molar-refractivity contribution is 5.91. The zero-order valence-corrected chi connectivity index (χ0v) is 15.7. The number of amides is 2. The van der Waals surface area contributed by atoms with E-state index in [0.29, 0.717) is 36.5 Å². The van der Waals surface area contributed by atoms with Crippen molar-refractivity contribution in [3.8, 4) is 5.75 Å². The van der Waals surface area contributed by atoms with Gasteiger partial charge in [-0.15, -0.1) is 0 Å². The van der Waals surface area contributed by atoms with Crippen molar-refractivity contribution >= 4 is 17.5 Å². The highest BCUT2D eigenvalue weighted by Crippen LogP contribution is 2.18. The maximum absolute atomic E-state index is 13.6. The maximum atomic E-state index is 13.6. The van der Waals surface area contributed by atoms with E-state index in [0.717, 1.165) is 0 Å². The van der Waals surface area contributed by atoms with E-state index in [1.807, 2.05) is 13.8 Å². The van der Waals surface area contributed by atoms with Crippen LogP contribution in [0.15, 0.2) is 48.5 Å². The van der Waals surface area contributed by atoms with Gasteiger partial charge in [-0.2, -0.15) is 0 Å². The van der Waals surface area contributed by atoms with Gasteiger partial charge in [0.15, 0.2) is 6.61 Å². The summed E-state index contributed by atoms with van der Waals surface area (Å²) in [4.78, 5) is 25.8. The second-order valence-corrected chi connectivity index (χ2v) is 6.02. The predicted molar refractivity (Wildman–Crippen MR) is 103 cm³/mol. The summed E-state index contributed by atoms with van der Waals surface area (Å²) >= 11 is 0. The Hall–Kier alpha value is -2.89. The third-order valence-corrected chi connectivity index (χ3v) is 4.18. The molecule has 0 radical (unpaired) electrons. The highest BCUT2D eigenvalue weighted by atomic mass is 19.1. The summed E-state index contributed by atoms with van der Waals surface area (Å²) < 4.78 is 19.1. The maximum Gasteiger partial charge on any atom is 0.260 e. The van der Waals surface area contributed by atoms with E-state index in [1.165, 1.54) is 6.07 Å². The fraction of sp³-hybridized carbons (Fsp3) is 0.333. The molecule has 0 unspecified atom stereocenters. The first-order valence-corrected chi connectivity index (χ1v) is 9.07. The Bertz CT molecular complexity index is 776. The van der Waals surface area contributed by atoms with Crippen molar-refractivity contribution in [2.75, 3.05) is 25.0 Å². The van der Waals surface area contributed by atoms with E-state index in [4.69, 9.17) is 4.74 Å². The lowest BCUT2D eigenvalue weighted by atomic mass is 10.1. The first-order chi connectivity index (χ1) is 13.0. The summed E-state index contributed by atoms with van der Waals surface area (Å²) in [5.74, 6) is -0.102. The molecule has 0 aliphatic rings. The molecule has 2 amide bonds. The fourth-order valence-electron chi connectivity index (χ4n) is 2.65. The molecule has 0 saturated carbocycles. The summed E-state index contributed by atoms with van der Waals surface area (Å²) in [5.41, 5.74) is 1.08. The smallest absolute Gasteiger partial charge is 0.260 e. The molecule has 0 heterocycles. The molecule has 0 fully saturated rings. The first-order valence-electron chi connectivity index (χ1n) is 9.07. The number of ether oxygens (including phenoxy) is 1. The van der Waals surface area contributed by atoms with Gasteiger partial charge in [0.05, 0.1) is 0 Å². The van der Waals surface area contributed by atoms with Crippen molar-refractivity contribution in [1.82, 2.24) is 4.90 Å². The Morgan fingerprint density at radius 2 is 1.81 bits per heavy atom. The number of hydrogen-bond acceptors (Lipinski definition) is 3. The van der Waals surface area contributed by atoms with Gasteiger partial charge in [-0.1, -0.05) is 24.3 Å². The molecule has 144 valence electrons. The van der Waals surface area contributed by atoms with Crippen LogP contribution in [0, 0.1) is 5.82 Å². The number of likely N-dealkylation sites (N-methyl/N-ethyl adjacent to an activating group) is 1. The number of carbonyl (C=O) groups is 2. The zero-order valence-electron chi connectivity index (χ0n) is 15.7. The van der Waals surface area contributed by atoms with Crippen LogP contribution in [0.1, 0.15) is 25.8 Å². The SMILES string of the molecule is CCN(CC)C(=O)COc1cccc(NC(=O)CCc2ccccc2F)c1. The van der Waals surface area contributed by atoms with Gasteiger partial charge in [0.2, 0.25) is 5.91 Å². The van der Waals surface area contributed by atoms with Crippen LogP contribution in [-0.2, 0) is 16.0 Å². The third-order valence-electron chi connectivity index (χ3n) is 4.18.